The van der Waals surface area contributed by atoms with E-state index in [-0.39, 0.29) is 12.8 Å². The van der Waals surface area contributed by atoms with Crippen LogP contribution in [0.5, 0.6) is 0 Å². The van der Waals surface area contributed by atoms with Crippen molar-refractivity contribution >= 4 is 34.4 Å². The van der Waals surface area contributed by atoms with E-state index in [9.17, 15) is 14.4 Å². The van der Waals surface area contributed by atoms with Gasteiger partial charge in [-0.1, -0.05) is 0 Å². The van der Waals surface area contributed by atoms with Crippen molar-refractivity contribution in [2.45, 2.75) is 18.9 Å². The van der Waals surface area contributed by atoms with Crippen molar-refractivity contribution < 1.29 is 24.6 Å². The molecule has 0 unspecified atom stereocenters. The Balaban J connectivity index is 2.47. The average molecular weight is 273 g/mol. The fraction of sp³-hybridized carbons (Fsp3) is 0.333. The van der Waals surface area contributed by atoms with Crippen LogP contribution in [0.1, 0.15) is 12.8 Å². The summed E-state index contributed by atoms with van der Waals surface area (Å²) in [6.45, 7) is 0. The molecule has 18 heavy (non-hydrogen) atoms. The van der Waals surface area contributed by atoms with Crippen LogP contribution in [0.4, 0.5) is 9.93 Å². The third-order valence-corrected chi connectivity index (χ3v) is 2.59. The van der Waals surface area contributed by atoms with Crippen LogP contribution in [0.15, 0.2) is 11.6 Å². The Morgan fingerprint density at radius 3 is 2.61 bits per heavy atom. The summed E-state index contributed by atoms with van der Waals surface area (Å²) in [4.78, 5) is 36.3. The number of carbonyl (C=O) groups is 3. The molecule has 8 nitrogen and oxygen atoms in total. The minimum atomic E-state index is -1.29. The van der Waals surface area contributed by atoms with Crippen molar-refractivity contribution in [3.8, 4) is 0 Å². The van der Waals surface area contributed by atoms with Crippen LogP contribution in [-0.4, -0.2) is 39.2 Å². The fourth-order valence-electron chi connectivity index (χ4n) is 1.10. The fourth-order valence-corrected chi connectivity index (χ4v) is 1.63. The number of hydrogen-bond acceptors (Lipinski definition) is 5. The van der Waals surface area contributed by atoms with Gasteiger partial charge >= 0.3 is 18.0 Å². The first-order chi connectivity index (χ1) is 8.49. The average Bonchev–Trinajstić information content (AvgIpc) is 2.76. The highest BCUT2D eigenvalue weighted by atomic mass is 32.1. The van der Waals surface area contributed by atoms with Crippen molar-refractivity contribution in [1.29, 1.82) is 0 Å². The van der Waals surface area contributed by atoms with Crippen molar-refractivity contribution in [2.75, 3.05) is 5.32 Å². The summed E-state index contributed by atoms with van der Waals surface area (Å²) in [5.41, 5.74) is 0. The van der Waals surface area contributed by atoms with Crippen LogP contribution >= 0.6 is 11.3 Å². The van der Waals surface area contributed by atoms with E-state index in [0.717, 1.165) is 0 Å². The Morgan fingerprint density at radius 2 is 2.11 bits per heavy atom. The van der Waals surface area contributed by atoms with Crippen molar-refractivity contribution in [2.24, 2.45) is 0 Å². The first-order valence-electron chi connectivity index (χ1n) is 4.90. The Morgan fingerprint density at radius 1 is 1.39 bits per heavy atom. The Kier molecular flexibility index (Phi) is 5.06. The van der Waals surface area contributed by atoms with Gasteiger partial charge in [-0.3, -0.25) is 10.1 Å². The van der Waals surface area contributed by atoms with E-state index in [4.69, 9.17) is 10.2 Å². The van der Waals surface area contributed by atoms with Crippen molar-refractivity contribution in [3.63, 3.8) is 0 Å². The molecular formula is C9H11N3O5S. The number of amides is 2. The largest absolute Gasteiger partial charge is 0.481 e. The predicted octanol–water partition coefficient (Wildman–Crippen LogP) is 0.583. The maximum atomic E-state index is 11.4. The van der Waals surface area contributed by atoms with E-state index < -0.39 is 24.0 Å². The molecule has 0 fully saturated rings. The van der Waals surface area contributed by atoms with Crippen molar-refractivity contribution in [3.05, 3.63) is 11.6 Å². The molecule has 1 aromatic heterocycles. The molecule has 0 spiro atoms. The topological polar surface area (TPSA) is 129 Å². The van der Waals surface area contributed by atoms with Crippen LogP contribution in [0.2, 0.25) is 0 Å². The molecule has 1 atom stereocenters. The van der Waals surface area contributed by atoms with Crippen LogP contribution < -0.4 is 10.6 Å². The lowest BCUT2D eigenvalue weighted by atomic mass is 10.1. The van der Waals surface area contributed by atoms with Crippen molar-refractivity contribution in [1.82, 2.24) is 10.3 Å². The second-order valence-electron chi connectivity index (χ2n) is 3.26. The lowest BCUT2D eigenvalue weighted by Gasteiger charge is -2.13. The predicted molar refractivity (Wildman–Crippen MR) is 62.6 cm³/mol. The SMILES string of the molecule is O=C(O)CC[C@H](NC(=O)Nc1nccs1)C(=O)O. The smallest absolute Gasteiger partial charge is 0.326 e. The number of thiazole rings is 1. The maximum Gasteiger partial charge on any atom is 0.326 e. The molecular weight excluding hydrogens is 262 g/mol. The molecule has 1 aromatic rings. The number of anilines is 1. The molecule has 0 bridgehead atoms. The molecule has 4 N–H and O–H groups in total. The standard InChI is InChI=1S/C9H11N3O5S/c13-6(14)2-1-5(7(15)16)11-8(17)12-9-10-3-4-18-9/h3-5H,1-2H2,(H,13,14)(H,15,16)(H2,10,11,12,17)/t5-/m0/s1. The number of nitrogens with one attached hydrogen (secondary N) is 2. The number of aliphatic carboxylic acids is 2. The second-order valence-corrected chi connectivity index (χ2v) is 4.15. The summed E-state index contributed by atoms with van der Waals surface area (Å²) in [6, 6.07) is -1.98. The summed E-state index contributed by atoms with van der Waals surface area (Å²) >= 11 is 1.18. The van der Waals surface area contributed by atoms with Gasteiger partial charge in [-0.2, -0.15) is 0 Å². The molecule has 2 amide bonds. The summed E-state index contributed by atoms with van der Waals surface area (Å²) < 4.78 is 0. The van der Waals surface area contributed by atoms with E-state index in [0.29, 0.717) is 5.13 Å². The number of carboxylic acid groups (broad SMARTS) is 2. The zero-order valence-electron chi connectivity index (χ0n) is 9.12. The lowest BCUT2D eigenvalue weighted by Crippen LogP contribution is -2.43. The molecule has 0 aliphatic carbocycles. The molecule has 1 rings (SSSR count). The van der Waals surface area contributed by atoms with Gasteiger partial charge in [0.15, 0.2) is 5.13 Å². The highest BCUT2D eigenvalue weighted by Crippen LogP contribution is 2.10. The minimum Gasteiger partial charge on any atom is -0.481 e. The van der Waals surface area contributed by atoms with Crippen LogP contribution in [-0.2, 0) is 9.59 Å². The first kappa shape index (κ1) is 13.9. The van der Waals surface area contributed by atoms with Gasteiger partial charge in [0.05, 0.1) is 0 Å². The Hall–Kier alpha value is -2.16. The second kappa shape index (κ2) is 6.55. The third kappa shape index (κ3) is 4.78. The molecule has 98 valence electrons. The van der Waals surface area contributed by atoms with E-state index in [1.807, 2.05) is 0 Å². The monoisotopic (exact) mass is 273 g/mol. The van der Waals surface area contributed by atoms with E-state index >= 15 is 0 Å². The zero-order chi connectivity index (χ0) is 13.5. The molecule has 0 saturated heterocycles. The first-order valence-corrected chi connectivity index (χ1v) is 5.78. The minimum absolute atomic E-state index is 0.185. The van der Waals surface area contributed by atoms with Gasteiger partial charge in [-0.15, -0.1) is 11.3 Å². The van der Waals surface area contributed by atoms with Crippen LogP contribution in [0.3, 0.4) is 0 Å². The van der Waals surface area contributed by atoms with Gasteiger partial charge in [0.25, 0.3) is 0 Å². The summed E-state index contributed by atoms with van der Waals surface area (Å²) in [6.07, 6.45) is 0.962. The number of carbonyl (C=O) groups excluding carboxylic acids is 1. The van der Waals surface area contributed by atoms with E-state index in [2.05, 4.69) is 15.6 Å². The number of rotatable bonds is 6. The van der Waals surface area contributed by atoms with Gasteiger partial charge < -0.3 is 15.5 Å². The number of aromatic nitrogens is 1. The summed E-state index contributed by atoms with van der Waals surface area (Å²) in [5, 5.41) is 23.8. The highest BCUT2D eigenvalue weighted by Gasteiger charge is 2.21. The summed E-state index contributed by atoms with van der Waals surface area (Å²) in [5.74, 6) is -2.41. The summed E-state index contributed by atoms with van der Waals surface area (Å²) in [7, 11) is 0. The number of carboxylic acids is 2. The molecule has 0 saturated carbocycles. The molecule has 0 aliphatic rings. The van der Waals surface area contributed by atoms with E-state index in [1.54, 1.807) is 5.38 Å². The normalized spacial score (nSPS) is 11.6. The van der Waals surface area contributed by atoms with Gasteiger partial charge in [0.1, 0.15) is 6.04 Å². The number of nitrogens with zero attached hydrogens (tertiary/aromatic N) is 1. The molecule has 9 heteroatoms. The lowest BCUT2D eigenvalue weighted by molar-refractivity contribution is -0.140. The number of hydrogen-bond donors (Lipinski definition) is 4. The van der Waals surface area contributed by atoms with Gasteiger partial charge in [-0.05, 0) is 6.42 Å². The third-order valence-electron chi connectivity index (χ3n) is 1.90. The van der Waals surface area contributed by atoms with Crippen LogP contribution in [0.25, 0.3) is 0 Å². The van der Waals surface area contributed by atoms with E-state index in [1.165, 1.54) is 17.5 Å². The molecule has 0 aromatic carbocycles. The molecule has 0 radical (unpaired) electrons. The number of urea groups is 1. The highest BCUT2D eigenvalue weighted by molar-refractivity contribution is 7.13. The Labute approximate surface area is 106 Å². The quantitative estimate of drug-likeness (QED) is 0.600. The molecule has 0 aliphatic heterocycles. The van der Waals surface area contributed by atoms with Crippen LogP contribution in [0, 0.1) is 0 Å². The van der Waals surface area contributed by atoms with Gasteiger partial charge in [0.2, 0.25) is 0 Å². The Bertz CT molecular complexity index is 433. The maximum absolute atomic E-state index is 11.4. The van der Waals surface area contributed by atoms with Gasteiger partial charge in [0, 0.05) is 18.0 Å². The zero-order valence-corrected chi connectivity index (χ0v) is 9.94. The van der Waals surface area contributed by atoms with Gasteiger partial charge in [-0.25, -0.2) is 14.6 Å². The molecule has 1 heterocycles.